The maximum absolute atomic E-state index is 12.5. The molecule has 0 aliphatic carbocycles. The van der Waals surface area contributed by atoms with Gasteiger partial charge in [-0.15, -0.1) is 0 Å². The third-order valence-corrected chi connectivity index (χ3v) is 4.05. The lowest BCUT2D eigenvalue weighted by atomic mass is 10.2. The normalized spacial score (nSPS) is 16.9. The summed E-state index contributed by atoms with van der Waals surface area (Å²) in [6.07, 6.45) is -0.683. The van der Waals surface area contributed by atoms with Crippen LogP contribution in [0.3, 0.4) is 0 Å². The molecule has 0 saturated carbocycles. The van der Waals surface area contributed by atoms with Crippen LogP contribution >= 0.6 is 0 Å². The van der Waals surface area contributed by atoms with Gasteiger partial charge in [0.1, 0.15) is 17.9 Å². The summed E-state index contributed by atoms with van der Waals surface area (Å²) in [5, 5.41) is 9.50. The van der Waals surface area contributed by atoms with Crippen LogP contribution in [0, 0.1) is 5.41 Å². The second kappa shape index (κ2) is 5.88. The molecule has 0 bridgehead atoms. The van der Waals surface area contributed by atoms with Crippen molar-refractivity contribution in [1.82, 2.24) is 10.4 Å². The predicted molar refractivity (Wildman–Crippen MR) is 89.9 cm³/mol. The summed E-state index contributed by atoms with van der Waals surface area (Å²) in [6, 6.07) is 7.76. The molecule has 0 unspecified atom stereocenters. The molecule has 8 heteroatoms. The van der Waals surface area contributed by atoms with E-state index in [9.17, 15) is 9.59 Å². The minimum absolute atomic E-state index is 0.0467. The number of rotatable bonds is 2. The molecule has 2 aliphatic rings. The molecular weight excluding hydrogens is 310 g/mol. The van der Waals surface area contributed by atoms with Crippen molar-refractivity contribution in [2.45, 2.75) is 6.92 Å². The second-order valence-electron chi connectivity index (χ2n) is 5.50. The Balaban J connectivity index is 1.95. The van der Waals surface area contributed by atoms with Crippen molar-refractivity contribution >= 4 is 29.1 Å². The van der Waals surface area contributed by atoms with Crippen molar-refractivity contribution in [3.05, 3.63) is 35.7 Å². The average molecular weight is 329 g/mol. The third kappa shape index (κ3) is 2.36. The SMILES string of the molecule is CCOC(=O)NN1CC(=O)C(=C2N(C)c3ccccc3N2C)C1=N. The van der Waals surface area contributed by atoms with Crippen molar-refractivity contribution < 1.29 is 14.3 Å². The molecule has 3 rings (SSSR count). The number of ether oxygens (including phenoxy) is 1. The Kier molecular flexibility index (Phi) is 3.88. The van der Waals surface area contributed by atoms with E-state index in [4.69, 9.17) is 10.1 Å². The predicted octanol–water partition coefficient (Wildman–Crippen LogP) is 1.31. The maximum atomic E-state index is 12.5. The van der Waals surface area contributed by atoms with Gasteiger partial charge in [-0.1, -0.05) is 12.1 Å². The van der Waals surface area contributed by atoms with Gasteiger partial charge in [-0.3, -0.25) is 15.2 Å². The quantitative estimate of drug-likeness (QED) is 0.795. The fraction of sp³-hybridized carbons (Fsp3) is 0.312. The van der Waals surface area contributed by atoms with Crippen LogP contribution in [0.25, 0.3) is 0 Å². The number of carbonyl (C=O) groups excluding carboxylic acids is 2. The molecule has 0 atom stereocenters. The maximum Gasteiger partial charge on any atom is 0.426 e. The fourth-order valence-corrected chi connectivity index (χ4v) is 2.99. The van der Waals surface area contributed by atoms with E-state index in [0.29, 0.717) is 5.82 Å². The van der Waals surface area contributed by atoms with Crippen molar-refractivity contribution in [3.63, 3.8) is 0 Å². The Morgan fingerprint density at radius 2 is 1.83 bits per heavy atom. The first kappa shape index (κ1) is 15.9. The van der Waals surface area contributed by atoms with Crippen LogP contribution in [0.5, 0.6) is 0 Å². The number of hydrazine groups is 1. The molecule has 2 heterocycles. The first-order valence-corrected chi connectivity index (χ1v) is 7.59. The number of fused-ring (bicyclic) bond motifs is 1. The Hall–Kier alpha value is -3.03. The van der Waals surface area contributed by atoms with Crippen LogP contribution in [0.1, 0.15) is 6.92 Å². The number of hydrogen-bond donors (Lipinski definition) is 2. The standard InChI is InChI=1S/C16H19N5O3/c1-4-24-16(23)18-21-9-12(22)13(14(21)17)15-19(2)10-7-5-6-8-11(10)20(15)3/h5-8,17H,4,9H2,1-3H3,(H,18,23). The van der Waals surface area contributed by atoms with Gasteiger partial charge in [-0.25, -0.2) is 10.2 Å². The molecule has 2 aliphatic heterocycles. The Labute approximate surface area is 139 Å². The zero-order chi connectivity index (χ0) is 17.4. The second-order valence-corrected chi connectivity index (χ2v) is 5.50. The van der Waals surface area contributed by atoms with Crippen LogP contribution in [0.15, 0.2) is 35.7 Å². The monoisotopic (exact) mass is 329 g/mol. The van der Waals surface area contributed by atoms with Gasteiger partial charge in [0.15, 0.2) is 11.6 Å². The van der Waals surface area contributed by atoms with Crippen molar-refractivity contribution in [2.24, 2.45) is 0 Å². The van der Waals surface area contributed by atoms with Gasteiger partial charge in [0.2, 0.25) is 0 Å². The number of Topliss-reactive ketones (excluding diaryl/α,β-unsaturated/α-hetero) is 1. The van der Waals surface area contributed by atoms with E-state index in [1.54, 1.807) is 6.92 Å². The minimum atomic E-state index is -0.683. The van der Waals surface area contributed by atoms with Gasteiger partial charge in [0, 0.05) is 14.1 Å². The number of anilines is 2. The van der Waals surface area contributed by atoms with Crippen LogP contribution in [-0.4, -0.2) is 50.0 Å². The summed E-state index contributed by atoms with van der Waals surface area (Å²) < 4.78 is 4.80. The lowest BCUT2D eigenvalue weighted by Gasteiger charge is -2.22. The number of carbonyl (C=O) groups is 2. The van der Waals surface area contributed by atoms with Crippen LogP contribution < -0.4 is 15.2 Å². The van der Waals surface area contributed by atoms with E-state index in [1.807, 2.05) is 48.2 Å². The van der Waals surface area contributed by atoms with Gasteiger partial charge in [0.05, 0.1) is 18.0 Å². The number of hydrogen-bond acceptors (Lipinski definition) is 6. The summed E-state index contributed by atoms with van der Waals surface area (Å²) in [6.45, 7) is 1.82. The van der Waals surface area contributed by atoms with Crippen molar-refractivity contribution in [2.75, 3.05) is 37.0 Å². The first-order valence-electron chi connectivity index (χ1n) is 7.59. The average Bonchev–Trinajstić information content (AvgIpc) is 2.95. The molecule has 0 spiro atoms. The van der Waals surface area contributed by atoms with Gasteiger partial charge in [-0.05, 0) is 19.1 Å². The topological polar surface area (TPSA) is 89.0 Å². The Morgan fingerprint density at radius 1 is 1.25 bits per heavy atom. The highest BCUT2D eigenvalue weighted by atomic mass is 16.6. The summed E-state index contributed by atoms with van der Waals surface area (Å²) >= 11 is 0. The zero-order valence-electron chi connectivity index (χ0n) is 13.8. The van der Waals surface area contributed by atoms with Crippen molar-refractivity contribution in [1.29, 1.82) is 5.41 Å². The highest BCUT2D eigenvalue weighted by molar-refractivity contribution is 6.27. The molecule has 1 amide bonds. The summed E-state index contributed by atoms with van der Waals surface area (Å²) in [7, 11) is 3.71. The number of para-hydroxylation sites is 2. The van der Waals surface area contributed by atoms with E-state index in [1.165, 1.54) is 5.01 Å². The molecule has 2 N–H and O–H groups in total. The zero-order valence-corrected chi connectivity index (χ0v) is 13.8. The third-order valence-electron chi connectivity index (χ3n) is 4.05. The van der Waals surface area contributed by atoms with Gasteiger partial charge >= 0.3 is 6.09 Å². The summed E-state index contributed by atoms with van der Waals surface area (Å²) in [4.78, 5) is 27.8. The number of benzene rings is 1. The van der Waals surface area contributed by atoms with Gasteiger partial charge in [0.25, 0.3) is 0 Å². The largest absolute Gasteiger partial charge is 0.449 e. The smallest absolute Gasteiger partial charge is 0.426 e. The van der Waals surface area contributed by atoms with Crippen LogP contribution in [0.2, 0.25) is 0 Å². The van der Waals surface area contributed by atoms with E-state index >= 15 is 0 Å². The Morgan fingerprint density at radius 3 is 2.38 bits per heavy atom. The van der Waals surface area contributed by atoms with Crippen molar-refractivity contribution in [3.8, 4) is 0 Å². The number of ketones is 1. The fourth-order valence-electron chi connectivity index (χ4n) is 2.99. The number of nitrogens with one attached hydrogen (secondary N) is 2. The molecule has 1 saturated heterocycles. The molecule has 0 radical (unpaired) electrons. The molecule has 126 valence electrons. The molecule has 8 nitrogen and oxygen atoms in total. The van der Waals surface area contributed by atoms with E-state index < -0.39 is 6.09 Å². The lowest BCUT2D eigenvalue weighted by Crippen LogP contribution is -2.43. The van der Waals surface area contributed by atoms with Crippen LogP contribution in [0.4, 0.5) is 16.2 Å². The first-order chi connectivity index (χ1) is 11.5. The molecule has 1 aromatic carbocycles. The summed E-state index contributed by atoms with van der Waals surface area (Å²) in [5.41, 5.74) is 4.61. The highest BCUT2D eigenvalue weighted by Gasteiger charge is 2.39. The van der Waals surface area contributed by atoms with E-state index in [2.05, 4.69) is 5.43 Å². The number of amidine groups is 1. The van der Waals surface area contributed by atoms with Gasteiger partial charge < -0.3 is 14.5 Å². The minimum Gasteiger partial charge on any atom is -0.449 e. The highest BCUT2D eigenvalue weighted by Crippen LogP contribution is 2.41. The lowest BCUT2D eigenvalue weighted by molar-refractivity contribution is -0.114. The van der Waals surface area contributed by atoms with E-state index in [-0.39, 0.29) is 30.3 Å². The van der Waals surface area contributed by atoms with Crippen LogP contribution in [-0.2, 0) is 9.53 Å². The van der Waals surface area contributed by atoms with Gasteiger partial charge in [-0.2, -0.15) is 0 Å². The molecule has 24 heavy (non-hydrogen) atoms. The molecule has 1 fully saturated rings. The van der Waals surface area contributed by atoms with E-state index in [0.717, 1.165) is 11.4 Å². The molecular formula is C16H19N5O3. The molecule has 1 aromatic rings. The molecule has 0 aromatic heterocycles. The number of nitrogens with zero attached hydrogens (tertiary/aromatic N) is 3. The summed E-state index contributed by atoms with van der Waals surface area (Å²) in [5.74, 6) is 0.354. The Bertz CT molecular complexity index is 727. The number of amides is 1.